The first-order valence-electron chi connectivity index (χ1n) is 9.32. The minimum absolute atomic E-state index is 0.740. The number of benzene rings is 3. The van der Waals surface area contributed by atoms with E-state index in [1.165, 1.54) is 48.8 Å². The van der Waals surface area contributed by atoms with Crippen molar-refractivity contribution in [1.29, 1.82) is 0 Å². The Morgan fingerprint density at radius 3 is 2.08 bits per heavy atom. The van der Waals surface area contributed by atoms with E-state index in [0.29, 0.717) is 0 Å². The standard InChI is InChI=1S/C24H24O/c1-3-8-19(9-4-1)21-14-16-23(17-15-21)25-24-13-7-12-22(18-24)20-10-5-2-6-11-20/h2,5-7,10-19H,1,3-4,8-9H2. The molecular formula is C24H24O. The van der Waals surface area contributed by atoms with E-state index in [-0.39, 0.29) is 0 Å². The predicted molar refractivity (Wildman–Crippen MR) is 104 cm³/mol. The molecule has 0 saturated heterocycles. The van der Waals surface area contributed by atoms with Crippen LogP contribution in [0.1, 0.15) is 43.6 Å². The second-order valence-electron chi connectivity index (χ2n) is 6.90. The van der Waals surface area contributed by atoms with Gasteiger partial charge in [-0.15, -0.1) is 0 Å². The van der Waals surface area contributed by atoms with Crippen molar-refractivity contribution in [2.75, 3.05) is 0 Å². The highest BCUT2D eigenvalue weighted by Gasteiger charge is 2.15. The van der Waals surface area contributed by atoms with Crippen LogP contribution in [0.15, 0.2) is 78.9 Å². The molecule has 1 saturated carbocycles. The van der Waals surface area contributed by atoms with Gasteiger partial charge in [-0.1, -0.05) is 73.9 Å². The van der Waals surface area contributed by atoms with Gasteiger partial charge < -0.3 is 4.74 Å². The van der Waals surface area contributed by atoms with Gasteiger partial charge in [0.15, 0.2) is 0 Å². The third-order valence-corrected chi connectivity index (χ3v) is 5.13. The molecule has 25 heavy (non-hydrogen) atoms. The number of ether oxygens (including phenoxy) is 1. The van der Waals surface area contributed by atoms with E-state index in [9.17, 15) is 0 Å². The Balaban J connectivity index is 1.48. The predicted octanol–water partition coefficient (Wildman–Crippen LogP) is 7.19. The summed E-state index contributed by atoms with van der Waals surface area (Å²) in [6.45, 7) is 0. The molecule has 0 radical (unpaired) electrons. The summed E-state index contributed by atoms with van der Waals surface area (Å²) in [6, 6.07) is 27.4. The first kappa shape index (κ1) is 16.0. The molecule has 0 spiro atoms. The molecule has 0 aromatic heterocycles. The topological polar surface area (TPSA) is 9.23 Å². The Kier molecular flexibility index (Phi) is 4.83. The van der Waals surface area contributed by atoms with Gasteiger partial charge in [-0.3, -0.25) is 0 Å². The van der Waals surface area contributed by atoms with Crippen LogP contribution in [-0.2, 0) is 0 Å². The Hall–Kier alpha value is -2.54. The zero-order valence-corrected chi connectivity index (χ0v) is 14.5. The lowest BCUT2D eigenvalue weighted by molar-refractivity contribution is 0.442. The summed E-state index contributed by atoms with van der Waals surface area (Å²) in [6.07, 6.45) is 6.80. The van der Waals surface area contributed by atoms with Crippen LogP contribution in [-0.4, -0.2) is 0 Å². The van der Waals surface area contributed by atoms with Gasteiger partial charge in [-0.25, -0.2) is 0 Å². The third-order valence-electron chi connectivity index (χ3n) is 5.13. The summed E-state index contributed by atoms with van der Waals surface area (Å²) in [5.74, 6) is 2.53. The zero-order chi connectivity index (χ0) is 16.9. The van der Waals surface area contributed by atoms with E-state index in [0.717, 1.165) is 17.4 Å². The molecule has 1 nitrogen and oxygen atoms in total. The van der Waals surface area contributed by atoms with Crippen LogP contribution in [0.4, 0.5) is 0 Å². The zero-order valence-electron chi connectivity index (χ0n) is 14.5. The maximum Gasteiger partial charge on any atom is 0.128 e. The van der Waals surface area contributed by atoms with Gasteiger partial charge in [0.25, 0.3) is 0 Å². The molecule has 0 heterocycles. The first-order chi connectivity index (χ1) is 12.4. The van der Waals surface area contributed by atoms with Crippen LogP contribution >= 0.6 is 0 Å². The van der Waals surface area contributed by atoms with Crippen molar-refractivity contribution in [3.8, 4) is 22.6 Å². The molecule has 0 aliphatic heterocycles. The highest BCUT2D eigenvalue weighted by Crippen LogP contribution is 2.34. The van der Waals surface area contributed by atoms with E-state index in [1.54, 1.807) is 0 Å². The first-order valence-corrected chi connectivity index (χ1v) is 9.32. The molecular weight excluding hydrogens is 304 g/mol. The van der Waals surface area contributed by atoms with Crippen molar-refractivity contribution in [2.45, 2.75) is 38.0 Å². The highest BCUT2D eigenvalue weighted by molar-refractivity contribution is 5.65. The molecule has 1 aliphatic carbocycles. The monoisotopic (exact) mass is 328 g/mol. The van der Waals surface area contributed by atoms with Crippen molar-refractivity contribution in [3.05, 3.63) is 84.4 Å². The van der Waals surface area contributed by atoms with Crippen molar-refractivity contribution < 1.29 is 4.74 Å². The van der Waals surface area contributed by atoms with Gasteiger partial charge in [0, 0.05) is 0 Å². The van der Waals surface area contributed by atoms with Crippen LogP contribution in [0, 0.1) is 0 Å². The Morgan fingerprint density at radius 2 is 1.32 bits per heavy atom. The normalized spacial score (nSPS) is 15.0. The van der Waals surface area contributed by atoms with Crippen LogP contribution in [0.2, 0.25) is 0 Å². The smallest absolute Gasteiger partial charge is 0.128 e. The maximum absolute atomic E-state index is 6.08. The molecule has 0 N–H and O–H groups in total. The molecule has 3 aromatic rings. The Morgan fingerprint density at radius 1 is 0.600 bits per heavy atom. The SMILES string of the molecule is c1ccc(-c2cccc(Oc3ccc(C4CCCCC4)cc3)c2)cc1. The molecule has 126 valence electrons. The third kappa shape index (κ3) is 3.93. The van der Waals surface area contributed by atoms with Crippen LogP contribution in [0.3, 0.4) is 0 Å². The second kappa shape index (κ2) is 7.57. The fourth-order valence-electron chi connectivity index (χ4n) is 3.75. The second-order valence-corrected chi connectivity index (χ2v) is 6.90. The lowest BCUT2D eigenvalue weighted by atomic mass is 9.84. The fourth-order valence-corrected chi connectivity index (χ4v) is 3.75. The Labute approximate surface area is 150 Å². The summed E-state index contributed by atoms with van der Waals surface area (Å²) in [5, 5.41) is 0. The summed E-state index contributed by atoms with van der Waals surface area (Å²) < 4.78 is 6.08. The molecule has 0 unspecified atom stereocenters. The molecule has 1 aliphatic rings. The largest absolute Gasteiger partial charge is 0.457 e. The fraction of sp³-hybridized carbons (Fsp3) is 0.250. The maximum atomic E-state index is 6.08. The molecule has 0 atom stereocenters. The summed E-state index contributed by atoms with van der Waals surface area (Å²) in [5.41, 5.74) is 3.85. The van der Waals surface area contributed by atoms with E-state index in [2.05, 4.69) is 60.7 Å². The lowest BCUT2D eigenvalue weighted by Gasteiger charge is -2.22. The van der Waals surface area contributed by atoms with Crippen LogP contribution < -0.4 is 4.74 Å². The van der Waals surface area contributed by atoms with Crippen molar-refractivity contribution in [1.82, 2.24) is 0 Å². The van der Waals surface area contributed by atoms with Gasteiger partial charge in [-0.2, -0.15) is 0 Å². The molecule has 1 fully saturated rings. The average molecular weight is 328 g/mol. The summed E-state index contributed by atoms with van der Waals surface area (Å²) in [4.78, 5) is 0. The highest BCUT2D eigenvalue weighted by atomic mass is 16.5. The van der Waals surface area contributed by atoms with Crippen molar-refractivity contribution in [2.24, 2.45) is 0 Å². The van der Waals surface area contributed by atoms with Crippen molar-refractivity contribution >= 4 is 0 Å². The van der Waals surface area contributed by atoms with Crippen molar-refractivity contribution in [3.63, 3.8) is 0 Å². The van der Waals surface area contributed by atoms with Gasteiger partial charge >= 0.3 is 0 Å². The number of rotatable bonds is 4. The van der Waals surface area contributed by atoms with Gasteiger partial charge in [0.1, 0.15) is 11.5 Å². The van der Waals surface area contributed by atoms with Crippen LogP contribution in [0.5, 0.6) is 11.5 Å². The Bertz CT molecular complexity index is 799. The number of hydrogen-bond donors (Lipinski definition) is 0. The molecule has 0 amide bonds. The van der Waals surface area contributed by atoms with E-state index >= 15 is 0 Å². The quantitative estimate of drug-likeness (QED) is 0.492. The minimum atomic E-state index is 0.740. The van der Waals surface area contributed by atoms with E-state index in [4.69, 9.17) is 4.74 Å². The molecule has 4 rings (SSSR count). The minimum Gasteiger partial charge on any atom is -0.457 e. The van der Waals surface area contributed by atoms with Gasteiger partial charge in [0.05, 0.1) is 0 Å². The van der Waals surface area contributed by atoms with E-state index < -0.39 is 0 Å². The summed E-state index contributed by atoms with van der Waals surface area (Å²) >= 11 is 0. The molecule has 1 heteroatoms. The van der Waals surface area contributed by atoms with Crippen LogP contribution in [0.25, 0.3) is 11.1 Å². The summed E-state index contributed by atoms with van der Waals surface area (Å²) in [7, 11) is 0. The lowest BCUT2D eigenvalue weighted by Crippen LogP contribution is -2.04. The average Bonchev–Trinajstić information content (AvgIpc) is 2.70. The molecule has 3 aromatic carbocycles. The van der Waals surface area contributed by atoms with E-state index in [1.807, 2.05) is 18.2 Å². The molecule has 0 bridgehead atoms. The van der Waals surface area contributed by atoms with Gasteiger partial charge in [-0.05, 0) is 59.7 Å². The number of hydrogen-bond acceptors (Lipinski definition) is 1. The van der Waals surface area contributed by atoms with Gasteiger partial charge in [0.2, 0.25) is 0 Å².